The molecule has 0 radical (unpaired) electrons. The SMILES string of the molecule is c1ccc(-n2c3ccccc3c3cc4c5ccc6c(c7ccncc7c7nccn67)c5n(-c5ccccc5)c4cc32)cc1. The fraction of sp³-hybridized carbons (Fsp3) is 0. The Morgan fingerprint density at radius 2 is 1.19 bits per heavy atom. The average molecular weight is 550 g/mol. The van der Waals surface area contributed by atoms with Crippen molar-refractivity contribution in [1.82, 2.24) is 23.5 Å². The summed E-state index contributed by atoms with van der Waals surface area (Å²) in [6.07, 6.45) is 7.75. The number of nitrogens with zero attached hydrogens (tertiary/aromatic N) is 5. The van der Waals surface area contributed by atoms with Crippen LogP contribution >= 0.6 is 0 Å². The maximum absolute atomic E-state index is 4.71. The van der Waals surface area contributed by atoms with Crippen molar-refractivity contribution in [3.05, 3.63) is 140 Å². The molecule has 0 aliphatic heterocycles. The maximum Gasteiger partial charge on any atom is 0.146 e. The number of aromatic nitrogens is 5. The van der Waals surface area contributed by atoms with Gasteiger partial charge in [-0.15, -0.1) is 0 Å². The highest BCUT2D eigenvalue weighted by Gasteiger charge is 2.22. The van der Waals surface area contributed by atoms with Crippen LogP contribution in [-0.2, 0) is 0 Å². The Morgan fingerprint density at radius 1 is 0.465 bits per heavy atom. The van der Waals surface area contributed by atoms with E-state index in [1.54, 1.807) is 0 Å². The molecule has 10 aromatic rings. The Kier molecular flexibility index (Phi) is 4.39. The van der Waals surface area contributed by atoms with Crippen LogP contribution < -0.4 is 0 Å². The van der Waals surface area contributed by atoms with Crippen LogP contribution in [0.15, 0.2) is 140 Å². The van der Waals surface area contributed by atoms with Crippen molar-refractivity contribution in [1.29, 1.82) is 0 Å². The molecule has 5 aromatic carbocycles. The second-order valence-electron chi connectivity index (χ2n) is 11.1. The fourth-order valence-corrected chi connectivity index (χ4v) is 7.21. The van der Waals surface area contributed by atoms with Crippen LogP contribution in [-0.4, -0.2) is 23.5 Å². The van der Waals surface area contributed by atoms with Crippen molar-refractivity contribution in [2.75, 3.05) is 0 Å². The zero-order valence-corrected chi connectivity index (χ0v) is 23.0. The van der Waals surface area contributed by atoms with Crippen LogP contribution in [0.4, 0.5) is 0 Å². The van der Waals surface area contributed by atoms with Gasteiger partial charge in [0.25, 0.3) is 0 Å². The van der Waals surface area contributed by atoms with Crippen LogP contribution in [0.2, 0.25) is 0 Å². The summed E-state index contributed by atoms with van der Waals surface area (Å²) in [6, 6.07) is 41.6. The van der Waals surface area contributed by atoms with Gasteiger partial charge in [-0.05, 0) is 60.0 Å². The van der Waals surface area contributed by atoms with Crippen molar-refractivity contribution >= 4 is 70.9 Å². The minimum Gasteiger partial charge on any atom is -0.309 e. The first kappa shape index (κ1) is 22.7. The molecule has 200 valence electrons. The highest BCUT2D eigenvalue weighted by molar-refractivity contribution is 6.28. The Hall–Kier alpha value is -5.94. The summed E-state index contributed by atoms with van der Waals surface area (Å²) < 4.78 is 7.03. The molecule has 0 aliphatic rings. The van der Waals surface area contributed by atoms with E-state index in [0.717, 1.165) is 33.3 Å². The van der Waals surface area contributed by atoms with Crippen molar-refractivity contribution in [2.45, 2.75) is 0 Å². The number of hydrogen-bond donors (Lipinski definition) is 0. The summed E-state index contributed by atoms with van der Waals surface area (Å²) >= 11 is 0. The van der Waals surface area contributed by atoms with Gasteiger partial charge in [0.1, 0.15) is 5.65 Å². The largest absolute Gasteiger partial charge is 0.309 e. The molecule has 0 atom stereocenters. The van der Waals surface area contributed by atoms with E-state index in [4.69, 9.17) is 4.98 Å². The first-order valence-corrected chi connectivity index (χ1v) is 14.5. The summed E-state index contributed by atoms with van der Waals surface area (Å²) in [5, 5.41) is 8.35. The molecule has 0 aliphatic carbocycles. The number of pyridine rings is 2. The average Bonchev–Trinajstić information content (AvgIpc) is 3.77. The van der Waals surface area contributed by atoms with Gasteiger partial charge in [0, 0.05) is 68.5 Å². The molecule has 5 heteroatoms. The molecule has 0 saturated carbocycles. The van der Waals surface area contributed by atoms with Gasteiger partial charge < -0.3 is 9.13 Å². The normalized spacial score (nSPS) is 12.2. The van der Waals surface area contributed by atoms with Gasteiger partial charge in [-0.25, -0.2) is 4.98 Å². The van der Waals surface area contributed by atoms with E-state index in [2.05, 4.69) is 140 Å². The van der Waals surface area contributed by atoms with Gasteiger partial charge in [0.15, 0.2) is 0 Å². The second-order valence-corrected chi connectivity index (χ2v) is 11.1. The molecule has 0 unspecified atom stereocenters. The summed E-state index contributed by atoms with van der Waals surface area (Å²) in [7, 11) is 0. The van der Waals surface area contributed by atoms with Crippen molar-refractivity contribution in [3.63, 3.8) is 0 Å². The molecule has 5 aromatic heterocycles. The Bertz CT molecular complexity index is 2710. The molecular formula is C38H23N5. The third kappa shape index (κ3) is 2.95. The van der Waals surface area contributed by atoms with Crippen molar-refractivity contribution in [3.8, 4) is 11.4 Å². The molecule has 0 spiro atoms. The van der Waals surface area contributed by atoms with Crippen LogP contribution in [0.5, 0.6) is 0 Å². The third-order valence-corrected chi connectivity index (χ3v) is 8.96. The monoisotopic (exact) mass is 549 g/mol. The molecule has 0 amide bonds. The predicted molar refractivity (Wildman–Crippen MR) is 177 cm³/mol. The fourth-order valence-electron chi connectivity index (χ4n) is 7.21. The third-order valence-electron chi connectivity index (χ3n) is 8.96. The first-order chi connectivity index (χ1) is 21.4. The van der Waals surface area contributed by atoms with Gasteiger partial charge in [0.2, 0.25) is 0 Å². The summed E-state index contributed by atoms with van der Waals surface area (Å²) in [4.78, 5) is 9.20. The van der Waals surface area contributed by atoms with Crippen LogP contribution in [0, 0.1) is 0 Å². The Labute approximate surface area is 245 Å². The minimum absolute atomic E-state index is 0.923. The minimum atomic E-state index is 0.923. The van der Waals surface area contributed by atoms with E-state index < -0.39 is 0 Å². The summed E-state index contributed by atoms with van der Waals surface area (Å²) in [6.45, 7) is 0. The summed E-state index contributed by atoms with van der Waals surface area (Å²) in [5.74, 6) is 0. The van der Waals surface area contributed by atoms with E-state index in [0.29, 0.717) is 0 Å². The predicted octanol–water partition coefficient (Wildman–Crippen LogP) is 9.23. The Balaban J connectivity index is 1.49. The van der Waals surface area contributed by atoms with E-state index in [-0.39, 0.29) is 0 Å². The smallest absolute Gasteiger partial charge is 0.146 e. The van der Waals surface area contributed by atoms with Gasteiger partial charge in [-0.3, -0.25) is 9.38 Å². The lowest BCUT2D eigenvalue weighted by atomic mass is 10.0. The summed E-state index contributed by atoms with van der Waals surface area (Å²) in [5.41, 5.74) is 9.09. The zero-order valence-electron chi connectivity index (χ0n) is 23.0. The number of rotatable bonds is 2. The lowest BCUT2D eigenvalue weighted by molar-refractivity contribution is 1.17. The van der Waals surface area contributed by atoms with Gasteiger partial charge in [-0.1, -0.05) is 60.7 Å². The molecule has 0 fully saturated rings. The number of fused-ring (bicyclic) bond motifs is 13. The lowest BCUT2D eigenvalue weighted by Crippen LogP contribution is -1.97. The zero-order chi connectivity index (χ0) is 28.1. The quantitative estimate of drug-likeness (QED) is 0.202. The molecule has 10 rings (SSSR count). The number of hydrogen-bond acceptors (Lipinski definition) is 2. The standard InChI is InChI=1S/C38H23N5/c1-3-9-24(10-4-1)42-32-14-8-7-13-26(32)29-21-30-28-15-16-33-36(27-17-18-39-23-31(27)38-40-19-20-41(33)38)37(28)43(35(30)22-34(29)42)25-11-5-2-6-12-25/h1-23H. The molecular weight excluding hydrogens is 526 g/mol. The molecule has 5 heterocycles. The van der Waals surface area contributed by atoms with Crippen molar-refractivity contribution < 1.29 is 0 Å². The first-order valence-electron chi connectivity index (χ1n) is 14.5. The van der Waals surface area contributed by atoms with E-state index in [1.807, 2.05) is 18.6 Å². The van der Waals surface area contributed by atoms with E-state index in [1.165, 1.54) is 49.0 Å². The number of imidazole rings is 1. The van der Waals surface area contributed by atoms with Gasteiger partial charge >= 0.3 is 0 Å². The molecule has 0 N–H and O–H groups in total. The highest BCUT2D eigenvalue weighted by Crippen LogP contribution is 2.43. The maximum atomic E-state index is 4.71. The number of para-hydroxylation sites is 3. The van der Waals surface area contributed by atoms with E-state index >= 15 is 0 Å². The number of benzene rings is 5. The van der Waals surface area contributed by atoms with Gasteiger partial charge in [0.05, 0.1) is 27.6 Å². The van der Waals surface area contributed by atoms with Crippen LogP contribution in [0.1, 0.15) is 0 Å². The molecule has 5 nitrogen and oxygen atoms in total. The highest BCUT2D eigenvalue weighted by atomic mass is 15.0. The molecule has 0 bridgehead atoms. The van der Waals surface area contributed by atoms with E-state index in [9.17, 15) is 0 Å². The van der Waals surface area contributed by atoms with Crippen LogP contribution in [0.3, 0.4) is 0 Å². The molecule has 0 saturated heterocycles. The lowest BCUT2D eigenvalue weighted by Gasteiger charge is -2.13. The second kappa shape index (κ2) is 8.30. The van der Waals surface area contributed by atoms with Gasteiger partial charge in [-0.2, -0.15) is 0 Å². The van der Waals surface area contributed by atoms with Crippen molar-refractivity contribution in [2.24, 2.45) is 0 Å². The van der Waals surface area contributed by atoms with Crippen LogP contribution in [0.25, 0.3) is 82.3 Å². The Morgan fingerprint density at radius 3 is 2.02 bits per heavy atom. The molecule has 43 heavy (non-hydrogen) atoms. The topological polar surface area (TPSA) is 40.1 Å².